The van der Waals surface area contributed by atoms with Crippen molar-refractivity contribution in [2.45, 2.75) is 89.0 Å². The number of carbonyl (C=O) groups is 1. The number of halogens is 5. The van der Waals surface area contributed by atoms with E-state index in [0.717, 1.165) is 18.9 Å². The minimum Gasteiger partial charge on any atom is -0.444 e. The number of H-pyrrole nitrogens is 1. The van der Waals surface area contributed by atoms with Crippen molar-refractivity contribution in [2.24, 2.45) is 0 Å². The zero-order valence-corrected chi connectivity index (χ0v) is 26.8. The smallest absolute Gasteiger partial charge is 0.407 e. The van der Waals surface area contributed by atoms with Crippen LogP contribution in [0.15, 0.2) is 35.4 Å². The van der Waals surface area contributed by atoms with Gasteiger partial charge in [-0.2, -0.15) is 5.10 Å². The van der Waals surface area contributed by atoms with Crippen LogP contribution < -0.4 is 15.8 Å². The average Bonchev–Trinajstić information content (AvgIpc) is 3.63. The van der Waals surface area contributed by atoms with Gasteiger partial charge in [-0.25, -0.2) is 36.4 Å². The Bertz CT molecular complexity index is 1780. The van der Waals surface area contributed by atoms with E-state index in [2.05, 4.69) is 15.3 Å². The molecule has 0 spiro atoms. The van der Waals surface area contributed by atoms with Crippen molar-refractivity contribution < 1.29 is 36.2 Å². The monoisotopic (exact) mass is 676 g/mol. The average molecular weight is 677 g/mol. The van der Waals surface area contributed by atoms with Gasteiger partial charge in [-0.1, -0.05) is 6.08 Å². The predicted octanol–water partition coefficient (Wildman–Crippen LogP) is 6.45. The Labute approximate surface area is 273 Å². The lowest BCUT2D eigenvalue weighted by Crippen LogP contribution is -2.43. The third kappa shape index (κ3) is 7.25. The number of hydrogen-bond donors (Lipinski definition) is 2. The van der Waals surface area contributed by atoms with Crippen LogP contribution in [0.5, 0.6) is 0 Å². The summed E-state index contributed by atoms with van der Waals surface area (Å²) in [5.74, 6) is -7.18. The molecule has 2 saturated heterocycles. The van der Waals surface area contributed by atoms with Crippen LogP contribution in [0.25, 0.3) is 16.7 Å². The number of anilines is 1. The van der Waals surface area contributed by atoms with Gasteiger partial charge in [-0.3, -0.25) is 9.78 Å². The van der Waals surface area contributed by atoms with Crippen LogP contribution in [0.4, 0.5) is 32.7 Å². The standard InChI is InChI=1S/C33H37F5N6O4/c1-32(2,3)48-31(46)40-26-17-43(15-21(26)19-12-24(35)25(36)13-23(19)34)30-39-14-20(29(45)41-30)22-16-44(27-6-4-5-11-47-27)42-28(22)18-7-9-33(37,38)10-8-18/h7,12-14,16,21,26-27H,4-6,8-11,15,17H2,1-3H3,(H,40,46)(H,39,41,45)/t21-,26+,27?/m1/s1. The van der Waals surface area contributed by atoms with E-state index in [1.165, 1.54) is 12.3 Å². The molecule has 2 aromatic heterocycles. The summed E-state index contributed by atoms with van der Waals surface area (Å²) in [6.07, 6.45) is 5.16. The van der Waals surface area contributed by atoms with Crippen LogP contribution in [0.2, 0.25) is 0 Å². The fraction of sp³-hybridized carbons (Fsp3) is 0.515. The molecule has 2 aliphatic heterocycles. The van der Waals surface area contributed by atoms with Crippen molar-refractivity contribution in [3.8, 4) is 11.1 Å². The quantitative estimate of drug-likeness (QED) is 0.228. The minimum atomic E-state index is -2.81. The molecule has 2 N–H and O–H groups in total. The van der Waals surface area contributed by atoms with E-state index in [1.807, 2.05) is 0 Å². The number of aromatic amines is 1. The zero-order chi connectivity index (χ0) is 34.4. The van der Waals surface area contributed by atoms with Crippen LogP contribution in [0.1, 0.15) is 82.7 Å². The van der Waals surface area contributed by atoms with E-state index in [4.69, 9.17) is 14.6 Å². The molecule has 3 aliphatic rings. The number of ether oxygens (including phenoxy) is 2. The number of alkyl carbamates (subject to hydrolysis) is 1. The number of allylic oxidation sites excluding steroid dienone is 2. The van der Waals surface area contributed by atoms with Crippen molar-refractivity contribution in [3.63, 3.8) is 0 Å². The summed E-state index contributed by atoms with van der Waals surface area (Å²) in [7, 11) is 0. The van der Waals surface area contributed by atoms with Gasteiger partial charge < -0.3 is 19.7 Å². The summed E-state index contributed by atoms with van der Waals surface area (Å²) in [4.78, 5) is 35.2. The summed E-state index contributed by atoms with van der Waals surface area (Å²) < 4.78 is 83.8. The number of nitrogens with one attached hydrogen (secondary N) is 2. The predicted molar refractivity (Wildman–Crippen MR) is 166 cm³/mol. The number of hydrogen-bond acceptors (Lipinski definition) is 7. The molecule has 0 bridgehead atoms. The second-order valence-corrected chi connectivity index (χ2v) is 13.5. The lowest BCUT2D eigenvalue weighted by molar-refractivity contribution is -0.0395. The molecule has 1 unspecified atom stereocenters. The highest BCUT2D eigenvalue weighted by Crippen LogP contribution is 2.39. The Kier molecular flexibility index (Phi) is 9.09. The SMILES string of the molecule is CC(C)(C)OC(=O)N[C@H]1CN(c2ncc(-c3cn(C4CCCCO4)nc3C3=CCC(F)(F)CC3)c(=O)[nH]2)C[C@@H]1c1cc(F)c(F)cc1F. The number of aromatic nitrogens is 4. The number of benzene rings is 1. The first-order valence-electron chi connectivity index (χ1n) is 15.9. The van der Waals surface area contributed by atoms with Crippen LogP contribution in [-0.2, 0) is 9.47 Å². The third-order valence-corrected chi connectivity index (χ3v) is 8.73. The second kappa shape index (κ2) is 13.0. The molecule has 10 nitrogen and oxygen atoms in total. The van der Waals surface area contributed by atoms with Gasteiger partial charge in [0.1, 0.15) is 17.6 Å². The van der Waals surface area contributed by atoms with E-state index in [-0.39, 0.29) is 49.2 Å². The van der Waals surface area contributed by atoms with E-state index in [1.54, 1.807) is 36.5 Å². The largest absolute Gasteiger partial charge is 0.444 e. The molecule has 1 aliphatic carbocycles. The highest BCUT2D eigenvalue weighted by Gasteiger charge is 2.39. The molecule has 3 atom stereocenters. The van der Waals surface area contributed by atoms with Gasteiger partial charge in [-0.05, 0) is 63.7 Å². The summed E-state index contributed by atoms with van der Waals surface area (Å²) in [5, 5.41) is 7.39. The molecule has 3 aromatic rings. The number of nitrogens with zero attached hydrogens (tertiary/aromatic N) is 4. The van der Waals surface area contributed by atoms with E-state index in [9.17, 15) is 31.5 Å². The number of rotatable bonds is 6. The highest BCUT2D eigenvalue weighted by atomic mass is 19.3. The molecule has 1 aromatic carbocycles. The molecule has 258 valence electrons. The van der Waals surface area contributed by atoms with Gasteiger partial charge in [-0.15, -0.1) is 0 Å². The minimum absolute atomic E-state index is 0.0198. The van der Waals surface area contributed by atoms with Gasteiger partial charge in [0.25, 0.3) is 11.5 Å². The van der Waals surface area contributed by atoms with Crippen LogP contribution in [0, 0.1) is 17.5 Å². The molecular formula is C33H37F5N6O4. The lowest BCUT2D eigenvalue weighted by atomic mass is 9.92. The van der Waals surface area contributed by atoms with E-state index >= 15 is 0 Å². The Morgan fingerprint density at radius 1 is 1.10 bits per heavy atom. The topological polar surface area (TPSA) is 114 Å². The summed E-state index contributed by atoms with van der Waals surface area (Å²) in [5.41, 5.74) is 0.0136. The third-order valence-electron chi connectivity index (χ3n) is 8.73. The molecule has 1 amide bonds. The van der Waals surface area contributed by atoms with Gasteiger partial charge in [0, 0.05) is 62.5 Å². The van der Waals surface area contributed by atoms with Gasteiger partial charge in [0.2, 0.25) is 5.95 Å². The summed E-state index contributed by atoms with van der Waals surface area (Å²) in [6.45, 7) is 5.58. The van der Waals surface area contributed by atoms with E-state index < -0.39 is 59.0 Å². The Morgan fingerprint density at radius 3 is 2.54 bits per heavy atom. The molecule has 4 heterocycles. The first-order valence-corrected chi connectivity index (χ1v) is 15.9. The Hall–Kier alpha value is -4.27. The van der Waals surface area contributed by atoms with Crippen molar-refractivity contribution in [2.75, 3.05) is 24.6 Å². The number of carbonyl (C=O) groups excluding carboxylic acids is 1. The maximum absolute atomic E-state index is 15.0. The van der Waals surface area contributed by atoms with Crippen molar-refractivity contribution in [3.05, 3.63) is 69.7 Å². The van der Waals surface area contributed by atoms with Gasteiger partial charge in [0.15, 0.2) is 11.6 Å². The molecule has 15 heteroatoms. The van der Waals surface area contributed by atoms with Crippen LogP contribution in [0.3, 0.4) is 0 Å². The van der Waals surface area contributed by atoms with E-state index in [0.29, 0.717) is 35.9 Å². The molecule has 6 rings (SSSR count). The molecular weight excluding hydrogens is 639 g/mol. The molecule has 0 radical (unpaired) electrons. The normalized spacial score (nSPS) is 22.8. The number of alkyl halides is 2. The highest BCUT2D eigenvalue weighted by molar-refractivity contribution is 5.79. The first kappa shape index (κ1) is 33.6. The van der Waals surface area contributed by atoms with Crippen molar-refractivity contribution in [1.29, 1.82) is 0 Å². The second-order valence-electron chi connectivity index (χ2n) is 13.5. The van der Waals surface area contributed by atoms with Crippen LogP contribution >= 0.6 is 0 Å². The molecule has 48 heavy (non-hydrogen) atoms. The fourth-order valence-corrected chi connectivity index (χ4v) is 6.37. The maximum atomic E-state index is 15.0. The zero-order valence-electron chi connectivity index (χ0n) is 26.8. The summed E-state index contributed by atoms with van der Waals surface area (Å²) in [6, 6.07) is 0.375. The van der Waals surface area contributed by atoms with Crippen molar-refractivity contribution >= 4 is 17.6 Å². The first-order chi connectivity index (χ1) is 22.7. The Morgan fingerprint density at radius 2 is 1.88 bits per heavy atom. The fourth-order valence-electron chi connectivity index (χ4n) is 6.37. The maximum Gasteiger partial charge on any atom is 0.407 e. The van der Waals surface area contributed by atoms with Gasteiger partial charge in [0.05, 0.1) is 17.3 Å². The lowest BCUT2D eigenvalue weighted by Gasteiger charge is -2.24. The number of amides is 1. The van der Waals surface area contributed by atoms with Gasteiger partial charge >= 0.3 is 6.09 Å². The van der Waals surface area contributed by atoms with Crippen LogP contribution in [-0.4, -0.2) is 63.1 Å². The Balaban J connectivity index is 1.32. The molecule has 2 fully saturated rings. The molecule has 0 saturated carbocycles. The summed E-state index contributed by atoms with van der Waals surface area (Å²) >= 11 is 0. The van der Waals surface area contributed by atoms with Crippen molar-refractivity contribution in [1.82, 2.24) is 25.1 Å².